The van der Waals surface area contributed by atoms with E-state index in [1.807, 2.05) is 35.9 Å². The number of nitrogens with one attached hydrogen (secondary N) is 1. The van der Waals surface area contributed by atoms with E-state index in [-0.39, 0.29) is 29.9 Å². The van der Waals surface area contributed by atoms with E-state index < -0.39 is 6.04 Å². The van der Waals surface area contributed by atoms with Crippen LogP contribution >= 0.6 is 23.4 Å². The zero-order valence-electron chi connectivity index (χ0n) is 18.3. The topological polar surface area (TPSA) is 54.3 Å². The molecule has 0 radical (unpaired) electrons. The van der Waals surface area contributed by atoms with Crippen molar-refractivity contribution in [1.29, 1.82) is 0 Å². The number of carbonyl (C=O) groups is 2. The molecule has 2 heterocycles. The van der Waals surface area contributed by atoms with Crippen molar-refractivity contribution in [3.63, 3.8) is 0 Å². The molecule has 0 saturated carbocycles. The van der Waals surface area contributed by atoms with Gasteiger partial charge in [0.1, 0.15) is 11.9 Å². The average molecular weight is 494 g/mol. The Bertz CT molecular complexity index is 1390. The second kappa shape index (κ2) is 9.16. The van der Waals surface area contributed by atoms with E-state index in [4.69, 9.17) is 11.6 Å². The van der Waals surface area contributed by atoms with Crippen LogP contribution in [0, 0.1) is 5.82 Å². The first-order chi connectivity index (χ1) is 16.4. The molecular weight excluding hydrogens is 473 g/mol. The minimum atomic E-state index is -0.884. The van der Waals surface area contributed by atoms with Crippen molar-refractivity contribution in [3.8, 4) is 0 Å². The summed E-state index contributed by atoms with van der Waals surface area (Å²) in [6, 6.07) is 19.9. The molecule has 1 N–H and O–H groups in total. The number of thioether (sulfide) groups is 1. The number of aryl methyl sites for hydroxylation is 1. The third-order valence-corrected chi connectivity index (χ3v) is 7.37. The number of anilines is 1. The van der Waals surface area contributed by atoms with Gasteiger partial charge < -0.3 is 9.88 Å². The number of benzene rings is 3. The molecular formula is C26H21ClFN3O2S. The number of nitrogens with zero attached hydrogens (tertiary/aromatic N) is 2. The Morgan fingerprint density at radius 3 is 2.53 bits per heavy atom. The average Bonchev–Trinajstić information content (AvgIpc) is 3.02. The first kappa shape index (κ1) is 22.5. The van der Waals surface area contributed by atoms with Crippen LogP contribution in [0.25, 0.3) is 10.9 Å². The second-order valence-corrected chi connectivity index (χ2v) is 9.47. The molecule has 0 unspecified atom stereocenters. The van der Waals surface area contributed by atoms with Gasteiger partial charge in [0.15, 0.2) is 0 Å². The van der Waals surface area contributed by atoms with E-state index in [1.54, 1.807) is 41.3 Å². The molecule has 1 aromatic heterocycles. The van der Waals surface area contributed by atoms with Gasteiger partial charge in [0.2, 0.25) is 11.8 Å². The lowest BCUT2D eigenvalue weighted by molar-refractivity contribution is -0.125. The molecule has 3 aromatic carbocycles. The van der Waals surface area contributed by atoms with Crippen molar-refractivity contribution in [2.75, 3.05) is 10.7 Å². The maximum atomic E-state index is 13.8. The Balaban J connectivity index is 1.63. The smallest absolute Gasteiger partial charge is 0.248 e. The van der Waals surface area contributed by atoms with Gasteiger partial charge in [-0.05, 0) is 48.0 Å². The maximum Gasteiger partial charge on any atom is 0.248 e. The molecule has 0 aliphatic carbocycles. The van der Waals surface area contributed by atoms with E-state index in [0.717, 1.165) is 27.1 Å². The van der Waals surface area contributed by atoms with Gasteiger partial charge in [0.25, 0.3) is 0 Å². The summed E-state index contributed by atoms with van der Waals surface area (Å²) >= 11 is 7.53. The molecule has 5 nitrogen and oxygen atoms in total. The Morgan fingerprint density at radius 1 is 1.09 bits per heavy atom. The zero-order chi connectivity index (χ0) is 23.8. The summed E-state index contributed by atoms with van der Waals surface area (Å²) in [5.41, 5.74) is 3.14. The van der Waals surface area contributed by atoms with Gasteiger partial charge >= 0.3 is 0 Å². The number of fused-ring (bicyclic) bond motifs is 3. The Hall–Kier alpha value is -3.29. The number of amides is 2. The summed E-state index contributed by atoms with van der Waals surface area (Å²) in [7, 11) is 1.95. The maximum absolute atomic E-state index is 13.8. The van der Waals surface area contributed by atoms with Crippen molar-refractivity contribution in [3.05, 3.63) is 94.8 Å². The van der Waals surface area contributed by atoms with Crippen molar-refractivity contribution >= 4 is 51.8 Å². The van der Waals surface area contributed by atoms with Crippen LogP contribution in [0.4, 0.5) is 10.1 Å². The zero-order valence-corrected chi connectivity index (χ0v) is 19.9. The summed E-state index contributed by atoms with van der Waals surface area (Å²) in [4.78, 5) is 28.7. The number of hydrogen-bond donors (Lipinski definition) is 1. The lowest BCUT2D eigenvalue weighted by Crippen LogP contribution is -2.43. The van der Waals surface area contributed by atoms with Crippen LogP contribution < -0.4 is 10.2 Å². The summed E-state index contributed by atoms with van der Waals surface area (Å²) in [6.45, 7) is 0.214. The van der Waals surface area contributed by atoms with Crippen molar-refractivity contribution in [2.24, 2.45) is 7.05 Å². The fourth-order valence-corrected chi connectivity index (χ4v) is 5.54. The summed E-state index contributed by atoms with van der Waals surface area (Å²) < 4.78 is 15.3. The van der Waals surface area contributed by atoms with Crippen LogP contribution in [0.1, 0.15) is 17.2 Å². The first-order valence-corrected chi connectivity index (χ1v) is 12.1. The molecule has 0 fully saturated rings. The molecule has 4 aromatic rings. The van der Waals surface area contributed by atoms with Crippen LogP contribution in [0.5, 0.6) is 0 Å². The minimum Gasteiger partial charge on any atom is -0.350 e. The van der Waals surface area contributed by atoms with Crippen LogP contribution in [0.2, 0.25) is 5.02 Å². The van der Waals surface area contributed by atoms with Crippen LogP contribution in [-0.2, 0) is 23.2 Å². The van der Waals surface area contributed by atoms with Crippen molar-refractivity contribution in [1.82, 2.24) is 9.88 Å². The molecule has 1 aliphatic rings. The van der Waals surface area contributed by atoms with Crippen LogP contribution in [-0.4, -0.2) is 22.1 Å². The normalized spacial score (nSPS) is 15.8. The van der Waals surface area contributed by atoms with Gasteiger partial charge in [0.05, 0.1) is 10.8 Å². The third-order valence-electron chi connectivity index (χ3n) is 5.96. The predicted octanol–water partition coefficient (Wildman–Crippen LogP) is 5.47. The summed E-state index contributed by atoms with van der Waals surface area (Å²) in [6.07, 6.45) is 0. The molecule has 172 valence electrons. The highest BCUT2D eigenvalue weighted by atomic mass is 35.5. The molecule has 8 heteroatoms. The molecule has 34 heavy (non-hydrogen) atoms. The van der Waals surface area contributed by atoms with Crippen LogP contribution in [0.15, 0.2) is 77.8 Å². The number of carbonyl (C=O) groups excluding carboxylic acids is 2. The standard InChI is InChI=1S/C26H21ClFN3O2S/c1-30-21-5-3-2-4-20(21)23-24(25(33)29-14-16-6-10-18(28)11-7-16)31(22(32)15-34-26(23)30)19-12-8-17(27)9-13-19/h2-13,24H,14-15H2,1H3,(H,29,33)/t24-/m1/s1. The Kier molecular flexibility index (Phi) is 6.06. The number of aromatic nitrogens is 1. The number of halogens is 2. The molecule has 5 rings (SSSR count). The highest BCUT2D eigenvalue weighted by Crippen LogP contribution is 2.43. The number of para-hydroxylation sites is 1. The van der Waals surface area contributed by atoms with E-state index >= 15 is 0 Å². The molecule has 0 saturated heterocycles. The summed E-state index contributed by atoms with van der Waals surface area (Å²) in [5.74, 6) is -0.625. The SMILES string of the molecule is Cn1c2c(c3ccccc31)[C@H](C(=O)NCc1ccc(F)cc1)N(c1ccc(Cl)cc1)C(=O)CS2. The van der Waals surface area contributed by atoms with Gasteiger partial charge in [-0.3, -0.25) is 14.5 Å². The van der Waals surface area contributed by atoms with E-state index in [9.17, 15) is 14.0 Å². The number of hydrogen-bond acceptors (Lipinski definition) is 3. The van der Waals surface area contributed by atoms with Gasteiger partial charge in [-0.25, -0.2) is 4.39 Å². The fraction of sp³-hybridized carbons (Fsp3) is 0.154. The molecule has 1 aliphatic heterocycles. The Morgan fingerprint density at radius 2 is 1.79 bits per heavy atom. The second-order valence-electron chi connectivity index (χ2n) is 8.07. The lowest BCUT2D eigenvalue weighted by atomic mass is 10.0. The lowest BCUT2D eigenvalue weighted by Gasteiger charge is -2.30. The monoisotopic (exact) mass is 493 g/mol. The van der Waals surface area contributed by atoms with E-state index in [2.05, 4.69) is 5.32 Å². The molecule has 2 amide bonds. The van der Waals surface area contributed by atoms with Gasteiger partial charge in [-0.2, -0.15) is 0 Å². The fourth-order valence-electron chi connectivity index (χ4n) is 4.34. The third kappa shape index (κ3) is 4.06. The molecule has 0 spiro atoms. The van der Waals surface area contributed by atoms with Crippen molar-refractivity contribution < 1.29 is 14.0 Å². The first-order valence-electron chi connectivity index (χ1n) is 10.7. The minimum absolute atomic E-state index is 0.172. The van der Waals surface area contributed by atoms with Crippen molar-refractivity contribution in [2.45, 2.75) is 17.6 Å². The van der Waals surface area contributed by atoms with Gasteiger partial charge in [0, 0.05) is 40.8 Å². The highest BCUT2D eigenvalue weighted by Gasteiger charge is 2.39. The van der Waals surface area contributed by atoms with E-state index in [1.165, 1.54) is 23.9 Å². The predicted molar refractivity (Wildman–Crippen MR) is 134 cm³/mol. The molecule has 1 atom stereocenters. The van der Waals surface area contributed by atoms with Gasteiger partial charge in [-0.1, -0.05) is 53.7 Å². The van der Waals surface area contributed by atoms with Crippen LogP contribution in [0.3, 0.4) is 0 Å². The molecule has 0 bridgehead atoms. The quantitative estimate of drug-likeness (QED) is 0.410. The largest absolute Gasteiger partial charge is 0.350 e. The summed E-state index contributed by atoms with van der Waals surface area (Å²) in [5, 5.41) is 5.31. The van der Waals surface area contributed by atoms with E-state index in [0.29, 0.717) is 10.7 Å². The highest BCUT2D eigenvalue weighted by molar-refractivity contribution is 8.00. The van der Waals surface area contributed by atoms with Gasteiger partial charge in [-0.15, -0.1) is 0 Å². The number of rotatable bonds is 4. The Labute approximate surface area is 205 Å².